The molecule has 2 heteroatoms. The van der Waals surface area contributed by atoms with Crippen LogP contribution in [0.3, 0.4) is 0 Å². The zero-order valence-electron chi connectivity index (χ0n) is 5.95. The molecule has 0 aliphatic heterocycles. The van der Waals surface area contributed by atoms with E-state index in [0.717, 1.165) is 5.75 Å². The molecule has 1 heterocycles. The molecule has 0 aliphatic rings. The quantitative estimate of drug-likeness (QED) is 0.554. The minimum Gasteiger partial charge on any atom is -0.496 e. The Hall–Kier alpha value is -1.31. The van der Waals surface area contributed by atoms with Gasteiger partial charge in [0.15, 0.2) is 18.6 Å². The van der Waals surface area contributed by atoms with Crippen molar-refractivity contribution in [3.8, 4) is 5.75 Å². The van der Waals surface area contributed by atoms with Crippen LogP contribution in [0.25, 0.3) is 6.20 Å². The van der Waals surface area contributed by atoms with Gasteiger partial charge in [0.2, 0.25) is 0 Å². The summed E-state index contributed by atoms with van der Waals surface area (Å²) in [4.78, 5) is 0. The molecule has 52 valence electrons. The first-order valence-corrected chi connectivity index (χ1v) is 3.04. The number of nitrogens with zero attached hydrogens (tertiary/aromatic N) is 1. The van der Waals surface area contributed by atoms with Gasteiger partial charge in [-0.15, -0.1) is 0 Å². The van der Waals surface area contributed by atoms with Crippen LogP contribution in [0.5, 0.6) is 5.75 Å². The molecule has 0 atom stereocenters. The molecule has 0 saturated heterocycles. The molecule has 1 rings (SSSR count). The summed E-state index contributed by atoms with van der Waals surface area (Å²) in [5.41, 5.74) is 0. The van der Waals surface area contributed by atoms with Gasteiger partial charge in [-0.1, -0.05) is 0 Å². The Balaban J connectivity index is 2.90. The lowest BCUT2D eigenvalue weighted by molar-refractivity contribution is -0.568. The minimum absolute atomic E-state index is 0.859. The standard InChI is InChI=1S/C8H10NO/c1-3-9-6-4-8(10-2)5-7-9/h3-7H,1H2,2H3/q+1. The van der Waals surface area contributed by atoms with Crippen molar-refractivity contribution in [2.24, 2.45) is 0 Å². The van der Waals surface area contributed by atoms with Crippen LogP contribution < -0.4 is 9.30 Å². The Kier molecular flexibility index (Phi) is 2.05. The molecule has 1 aromatic rings. The van der Waals surface area contributed by atoms with Crippen molar-refractivity contribution in [2.75, 3.05) is 7.11 Å². The third-order valence-corrected chi connectivity index (χ3v) is 1.27. The molecule has 0 saturated carbocycles. The maximum absolute atomic E-state index is 4.97. The fourth-order valence-electron chi connectivity index (χ4n) is 0.682. The van der Waals surface area contributed by atoms with Crippen LogP contribution in [0.15, 0.2) is 31.1 Å². The average molecular weight is 136 g/mol. The van der Waals surface area contributed by atoms with Crippen LogP contribution in [0.4, 0.5) is 0 Å². The van der Waals surface area contributed by atoms with Gasteiger partial charge in [-0.2, -0.15) is 4.57 Å². The molecule has 0 amide bonds. The first-order chi connectivity index (χ1) is 4.86. The molecule has 0 aromatic carbocycles. The van der Waals surface area contributed by atoms with Gasteiger partial charge in [-0.05, 0) is 6.58 Å². The van der Waals surface area contributed by atoms with Gasteiger partial charge in [0, 0.05) is 12.1 Å². The second-order valence-corrected chi connectivity index (χ2v) is 1.87. The summed E-state index contributed by atoms with van der Waals surface area (Å²) in [6, 6.07) is 3.75. The molecule has 0 radical (unpaired) electrons. The first kappa shape index (κ1) is 6.81. The summed E-state index contributed by atoms with van der Waals surface area (Å²) < 4.78 is 6.82. The van der Waals surface area contributed by atoms with Crippen molar-refractivity contribution in [1.82, 2.24) is 0 Å². The molecule has 0 fully saturated rings. The highest BCUT2D eigenvalue weighted by molar-refractivity contribution is 5.15. The number of pyridine rings is 1. The summed E-state index contributed by atoms with van der Waals surface area (Å²) >= 11 is 0. The normalized spacial score (nSPS) is 8.90. The van der Waals surface area contributed by atoms with Gasteiger partial charge in [-0.3, -0.25) is 0 Å². The van der Waals surface area contributed by atoms with E-state index in [1.165, 1.54) is 0 Å². The Bertz CT molecular complexity index is 215. The Morgan fingerprint density at radius 2 is 2.10 bits per heavy atom. The Morgan fingerprint density at radius 3 is 2.50 bits per heavy atom. The van der Waals surface area contributed by atoms with Crippen molar-refractivity contribution in [2.45, 2.75) is 0 Å². The van der Waals surface area contributed by atoms with Crippen LogP contribution in [0.1, 0.15) is 0 Å². The Labute approximate surface area is 60.4 Å². The molecule has 10 heavy (non-hydrogen) atoms. The predicted molar refractivity (Wildman–Crippen MR) is 39.6 cm³/mol. The summed E-state index contributed by atoms with van der Waals surface area (Å²) in [7, 11) is 1.65. The lowest BCUT2D eigenvalue weighted by Crippen LogP contribution is -2.22. The van der Waals surface area contributed by atoms with E-state index >= 15 is 0 Å². The van der Waals surface area contributed by atoms with Gasteiger partial charge in [-0.25, -0.2) is 0 Å². The van der Waals surface area contributed by atoms with Crippen molar-refractivity contribution < 1.29 is 9.30 Å². The van der Waals surface area contributed by atoms with Crippen LogP contribution in [-0.2, 0) is 0 Å². The highest BCUT2D eigenvalue weighted by atomic mass is 16.5. The molecular formula is C8H10NO+. The monoisotopic (exact) mass is 136 g/mol. The molecule has 0 N–H and O–H groups in total. The fraction of sp³-hybridized carbons (Fsp3) is 0.125. The SMILES string of the molecule is C=C[n+]1ccc(OC)cc1. The summed E-state index contributed by atoms with van der Waals surface area (Å²) in [5.74, 6) is 0.859. The second kappa shape index (κ2) is 3.01. The maximum atomic E-state index is 4.97. The number of rotatable bonds is 2. The number of aromatic nitrogens is 1. The van der Waals surface area contributed by atoms with Gasteiger partial charge in [0.05, 0.1) is 7.11 Å². The summed E-state index contributed by atoms with van der Waals surface area (Å²) in [6.07, 6.45) is 5.48. The lowest BCUT2D eigenvalue weighted by Gasteiger charge is -1.93. The summed E-state index contributed by atoms with van der Waals surface area (Å²) in [5, 5.41) is 0. The van der Waals surface area contributed by atoms with E-state index in [2.05, 4.69) is 6.58 Å². The highest BCUT2D eigenvalue weighted by Gasteiger charge is 1.93. The van der Waals surface area contributed by atoms with E-state index in [1.54, 1.807) is 13.3 Å². The van der Waals surface area contributed by atoms with Crippen molar-refractivity contribution in [3.05, 3.63) is 31.1 Å². The van der Waals surface area contributed by atoms with Crippen molar-refractivity contribution in [1.29, 1.82) is 0 Å². The van der Waals surface area contributed by atoms with E-state index in [-0.39, 0.29) is 0 Å². The molecule has 1 aromatic heterocycles. The highest BCUT2D eigenvalue weighted by Crippen LogP contribution is 2.03. The fourth-order valence-corrected chi connectivity index (χ4v) is 0.682. The molecule has 0 aliphatic carbocycles. The van der Waals surface area contributed by atoms with Crippen molar-refractivity contribution in [3.63, 3.8) is 0 Å². The zero-order valence-corrected chi connectivity index (χ0v) is 5.95. The van der Waals surface area contributed by atoms with E-state index in [0.29, 0.717) is 0 Å². The van der Waals surface area contributed by atoms with Gasteiger partial charge >= 0.3 is 0 Å². The van der Waals surface area contributed by atoms with Gasteiger partial charge in [0.1, 0.15) is 5.75 Å². The van der Waals surface area contributed by atoms with Gasteiger partial charge in [0.25, 0.3) is 0 Å². The van der Waals surface area contributed by atoms with E-state index < -0.39 is 0 Å². The second-order valence-electron chi connectivity index (χ2n) is 1.87. The van der Waals surface area contributed by atoms with E-state index in [1.807, 2.05) is 29.1 Å². The largest absolute Gasteiger partial charge is 0.496 e. The molecule has 2 nitrogen and oxygen atoms in total. The molecule has 0 spiro atoms. The topological polar surface area (TPSA) is 13.1 Å². The minimum atomic E-state index is 0.859. The molecule has 0 bridgehead atoms. The van der Waals surface area contributed by atoms with Crippen molar-refractivity contribution >= 4 is 6.20 Å². The van der Waals surface area contributed by atoms with Crippen LogP contribution in [-0.4, -0.2) is 7.11 Å². The number of hydrogen-bond donors (Lipinski definition) is 0. The lowest BCUT2D eigenvalue weighted by atomic mass is 10.4. The number of methoxy groups -OCH3 is 1. The Morgan fingerprint density at radius 1 is 1.50 bits per heavy atom. The molecule has 0 unspecified atom stereocenters. The van der Waals surface area contributed by atoms with Crippen LogP contribution >= 0.6 is 0 Å². The predicted octanol–water partition coefficient (Wildman–Crippen LogP) is 1.08. The van der Waals surface area contributed by atoms with Crippen LogP contribution in [0, 0.1) is 0 Å². The van der Waals surface area contributed by atoms with Crippen LogP contribution in [0.2, 0.25) is 0 Å². The van der Waals surface area contributed by atoms with E-state index in [4.69, 9.17) is 4.74 Å². The smallest absolute Gasteiger partial charge is 0.178 e. The number of hydrogen-bond acceptors (Lipinski definition) is 1. The summed E-state index contributed by atoms with van der Waals surface area (Å²) in [6.45, 7) is 3.61. The van der Waals surface area contributed by atoms with E-state index in [9.17, 15) is 0 Å². The maximum Gasteiger partial charge on any atom is 0.178 e. The average Bonchev–Trinajstić information content (AvgIpc) is 2.05. The van der Waals surface area contributed by atoms with Gasteiger partial charge < -0.3 is 4.74 Å². The zero-order chi connectivity index (χ0) is 7.40. The first-order valence-electron chi connectivity index (χ1n) is 3.04. The number of ether oxygens (including phenoxy) is 1. The molecular weight excluding hydrogens is 126 g/mol. The third kappa shape index (κ3) is 1.35. The third-order valence-electron chi connectivity index (χ3n) is 1.27.